The molecule has 0 aliphatic carbocycles. The molecule has 0 atom stereocenters. The molecule has 1 fully saturated rings. The number of rotatable bonds is 2. The van der Waals surface area contributed by atoms with Crippen LogP contribution in [-0.4, -0.2) is 45.8 Å². The van der Waals surface area contributed by atoms with Gasteiger partial charge in [0.1, 0.15) is 0 Å². The van der Waals surface area contributed by atoms with E-state index in [-0.39, 0.29) is 27.1 Å². The van der Waals surface area contributed by atoms with Crippen LogP contribution in [0.2, 0.25) is 0 Å². The van der Waals surface area contributed by atoms with Crippen molar-refractivity contribution < 1.29 is 22.4 Å². The van der Waals surface area contributed by atoms with E-state index in [1.165, 1.54) is 0 Å². The Morgan fingerprint density at radius 2 is 1.62 bits per heavy atom. The number of piperazine rings is 1. The van der Waals surface area contributed by atoms with Gasteiger partial charge >= 0.3 is 0 Å². The Balaban J connectivity index is 0.00000128. The normalized spacial score (nSPS) is 17.3. The number of anilines is 1. The van der Waals surface area contributed by atoms with E-state index in [2.05, 4.69) is 19.8 Å². The summed E-state index contributed by atoms with van der Waals surface area (Å²) in [5, 5.41) is 0. The first kappa shape index (κ1) is 14.3. The summed E-state index contributed by atoms with van der Waals surface area (Å²) in [6.07, 6.45) is 3.52. The van der Waals surface area contributed by atoms with Crippen molar-refractivity contribution in [1.82, 2.24) is 14.9 Å². The third-order valence-electron chi connectivity index (χ3n) is 2.45. The Labute approximate surface area is 122 Å². The largest absolute Gasteiger partial charge is 0.800 e. The minimum Gasteiger partial charge on any atom is -0.800 e. The average molecular weight is 437 g/mol. The van der Waals surface area contributed by atoms with Gasteiger partial charge in [0.05, 0.1) is 0 Å². The molecule has 0 amide bonds. The predicted molar refractivity (Wildman–Crippen MR) is 64.3 cm³/mol. The van der Waals surface area contributed by atoms with Gasteiger partial charge < -0.3 is 35.1 Å². The molecular formula is C9H12AuN4S2-2. The maximum Gasteiger partial charge on any atom is 0.225 e. The molecule has 1 radical (unpaired) electrons. The van der Waals surface area contributed by atoms with Crippen molar-refractivity contribution in [2.45, 2.75) is 4.71 Å². The van der Waals surface area contributed by atoms with Crippen LogP contribution < -0.4 is 4.90 Å². The zero-order valence-electron chi connectivity index (χ0n) is 8.54. The first-order valence-corrected chi connectivity index (χ1v) is 5.79. The van der Waals surface area contributed by atoms with Crippen LogP contribution in [0.5, 0.6) is 0 Å². The fraction of sp³-hybridized carbons (Fsp3) is 0.556. The van der Waals surface area contributed by atoms with Crippen LogP contribution in [-0.2, 0) is 47.6 Å². The average Bonchev–Trinajstić information content (AvgIpc) is 2.30. The maximum absolute atomic E-state index is 5.05. The van der Waals surface area contributed by atoms with Crippen molar-refractivity contribution in [3.05, 3.63) is 18.5 Å². The number of hydrogen-bond acceptors (Lipinski definition) is 6. The molecular weight excluding hydrogens is 425 g/mol. The van der Waals surface area contributed by atoms with Gasteiger partial charge in [0.15, 0.2) is 0 Å². The second kappa shape index (κ2) is 6.88. The Kier molecular flexibility index (Phi) is 6.17. The van der Waals surface area contributed by atoms with Crippen LogP contribution in [0.4, 0.5) is 5.95 Å². The van der Waals surface area contributed by atoms with Gasteiger partial charge in [-0.05, 0) is 6.07 Å². The summed E-state index contributed by atoms with van der Waals surface area (Å²) in [6.45, 7) is 3.59. The minimum atomic E-state index is -0.191. The third-order valence-corrected chi connectivity index (χ3v) is 3.04. The fourth-order valence-electron chi connectivity index (χ4n) is 1.59. The van der Waals surface area contributed by atoms with Crippen LogP contribution in [0.25, 0.3) is 0 Å². The molecule has 1 aliphatic heterocycles. The summed E-state index contributed by atoms with van der Waals surface area (Å²) >= 11 is 10.1. The molecule has 0 N–H and O–H groups in total. The first-order chi connectivity index (χ1) is 7.27. The van der Waals surface area contributed by atoms with Crippen LogP contribution in [0.1, 0.15) is 0 Å². The topological polar surface area (TPSA) is 32.3 Å². The van der Waals surface area contributed by atoms with Gasteiger partial charge in [-0.15, -0.1) is 0 Å². The molecule has 1 aromatic rings. The predicted octanol–water partition coefficient (Wildman–Crippen LogP) is -0.0265. The smallest absolute Gasteiger partial charge is 0.225 e. The SMILES string of the molecule is [Au].[S-]C([S-])N1CCN(c2ncccn2)CC1. The summed E-state index contributed by atoms with van der Waals surface area (Å²) in [5.41, 5.74) is 0. The van der Waals surface area contributed by atoms with Gasteiger partial charge in [-0.25, -0.2) is 14.7 Å². The molecule has 0 spiro atoms. The monoisotopic (exact) mass is 437 g/mol. The van der Waals surface area contributed by atoms with Gasteiger partial charge in [0.2, 0.25) is 5.95 Å². The second-order valence-electron chi connectivity index (χ2n) is 3.38. The zero-order valence-corrected chi connectivity index (χ0v) is 12.3. The van der Waals surface area contributed by atoms with Gasteiger partial charge in [0, 0.05) is 61.0 Å². The van der Waals surface area contributed by atoms with E-state index in [0.29, 0.717) is 0 Å². The van der Waals surface area contributed by atoms with Gasteiger partial charge in [-0.1, -0.05) is 0 Å². The molecule has 0 aromatic carbocycles. The molecule has 0 unspecified atom stereocenters. The fourth-order valence-corrected chi connectivity index (χ4v) is 2.01. The third kappa shape index (κ3) is 3.65. The molecule has 7 heteroatoms. The molecule has 1 aliphatic rings. The Morgan fingerprint density at radius 1 is 1.06 bits per heavy atom. The van der Waals surface area contributed by atoms with Crippen molar-refractivity contribution in [1.29, 1.82) is 0 Å². The van der Waals surface area contributed by atoms with Gasteiger partial charge in [0.25, 0.3) is 0 Å². The molecule has 1 aromatic heterocycles. The quantitative estimate of drug-likeness (QED) is 0.478. The molecule has 4 nitrogen and oxygen atoms in total. The van der Waals surface area contributed by atoms with Gasteiger partial charge in [-0.3, -0.25) is 0 Å². The maximum atomic E-state index is 5.05. The van der Waals surface area contributed by atoms with Crippen LogP contribution in [0, 0.1) is 0 Å². The van der Waals surface area contributed by atoms with E-state index in [1.54, 1.807) is 12.4 Å². The molecule has 1 saturated heterocycles. The summed E-state index contributed by atoms with van der Waals surface area (Å²) in [4.78, 5) is 12.7. The van der Waals surface area contributed by atoms with Crippen molar-refractivity contribution in [2.24, 2.45) is 0 Å². The standard InChI is InChI=1S/C9H14N4S2.Au/c14-9(15)13-6-4-12(5-7-13)8-10-2-1-3-11-8;/h1-3,9,14-15H,4-7H2;/p-2. The van der Waals surface area contributed by atoms with Crippen molar-refractivity contribution >= 4 is 31.2 Å². The number of hydrogen-bond donors (Lipinski definition) is 0. The van der Waals surface area contributed by atoms with Crippen molar-refractivity contribution in [3.63, 3.8) is 0 Å². The van der Waals surface area contributed by atoms with Gasteiger partial charge in [-0.2, -0.15) is 0 Å². The van der Waals surface area contributed by atoms with Crippen LogP contribution in [0.15, 0.2) is 18.5 Å². The van der Waals surface area contributed by atoms with E-state index in [1.807, 2.05) is 6.07 Å². The van der Waals surface area contributed by atoms with E-state index in [0.717, 1.165) is 32.1 Å². The number of aromatic nitrogens is 2. The number of nitrogens with zero attached hydrogens (tertiary/aromatic N) is 4. The Bertz CT molecular complexity index is 304. The van der Waals surface area contributed by atoms with Crippen LogP contribution in [0.3, 0.4) is 0 Å². The molecule has 0 saturated carbocycles. The summed E-state index contributed by atoms with van der Waals surface area (Å²) in [7, 11) is 0. The summed E-state index contributed by atoms with van der Waals surface area (Å²) in [5.74, 6) is 0.794. The Morgan fingerprint density at radius 3 is 2.12 bits per heavy atom. The van der Waals surface area contributed by atoms with Crippen LogP contribution >= 0.6 is 0 Å². The molecule has 16 heavy (non-hydrogen) atoms. The molecule has 2 heterocycles. The van der Waals surface area contributed by atoms with Crippen molar-refractivity contribution in [3.8, 4) is 0 Å². The summed E-state index contributed by atoms with van der Waals surface area (Å²) < 4.78 is -0.191. The molecule has 0 bridgehead atoms. The van der Waals surface area contributed by atoms with E-state index < -0.39 is 0 Å². The molecule has 2 rings (SSSR count). The summed E-state index contributed by atoms with van der Waals surface area (Å²) in [6, 6.07) is 1.82. The zero-order chi connectivity index (χ0) is 10.7. The second-order valence-corrected chi connectivity index (χ2v) is 4.57. The van der Waals surface area contributed by atoms with Crippen molar-refractivity contribution in [2.75, 3.05) is 31.1 Å². The first-order valence-electron chi connectivity index (χ1n) is 4.85. The van der Waals surface area contributed by atoms with E-state index in [9.17, 15) is 0 Å². The van der Waals surface area contributed by atoms with E-state index >= 15 is 0 Å². The minimum absolute atomic E-state index is 0. The molecule has 93 valence electrons. The van der Waals surface area contributed by atoms with E-state index in [4.69, 9.17) is 25.3 Å². The Hall–Kier alpha value is 0.280.